The van der Waals surface area contributed by atoms with E-state index in [9.17, 15) is 0 Å². The van der Waals surface area contributed by atoms with Gasteiger partial charge in [-0.2, -0.15) is 0 Å². The Morgan fingerprint density at radius 2 is 2.23 bits per heavy atom. The second-order valence-corrected chi connectivity index (χ2v) is 4.71. The largest absolute Gasteiger partial charge is 0.481 e. The molecule has 0 amide bonds. The molecule has 3 heteroatoms. The number of nitrogens with zero attached hydrogens (tertiary/aromatic N) is 1. The molecule has 0 radical (unpaired) electrons. The zero-order chi connectivity index (χ0) is 9.84. The molecule has 1 heterocycles. The Balaban J connectivity index is 2.88. The predicted octanol–water partition coefficient (Wildman–Crippen LogP) is 2.72. The summed E-state index contributed by atoms with van der Waals surface area (Å²) in [6, 6.07) is 4.06. The van der Waals surface area contributed by atoms with Gasteiger partial charge in [0.1, 0.15) is 0 Å². The number of aryl methyl sites for hydroxylation is 1. The van der Waals surface area contributed by atoms with Crippen molar-refractivity contribution in [3.8, 4) is 5.88 Å². The lowest BCUT2D eigenvalue weighted by Crippen LogP contribution is -1.99. The van der Waals surface area contributed by atoms with Gasteiger partial charge >= 0.3 is 0 Å². The Labute approximate surface area is 87.5 Å². The molecule has 0 bridgehead atoms. The number of hydrogen-bond acceptors (Lipinski definition) is 2. The lowest BCUT2D eigenvalue weighted by molar-refractivity contribution is 0.396. The van der Waals surface area contributed by atoms with Crippen LogP contribution in [-0.2, 0) is 6.42 Å². The number of alkyl halides is 1. The molecule has 1 rings (SSSR count). The third-order valence-electron chi connectivity index (χ3n) is 1.72. The van der Waals surface area contributed by atoms with Crippen molar-refractivity contribution < 1.29 is 4.74 Å². The lowest BCUT2D eigenvalue weighted by Gasteiger charge is -2.06. The molecule has 72 valence electrons. The standard InChI is InChI=1S/C10H14BrNO/c1-7(11)4-9-5-8(2)12-10(6-9)13-3/h5-7H,4H2,1-3H3. The Hall–Kier alpha value is -0.570. The first-order valence-electron chi connectivity index (χ1n) is 4.27. The Morgan fingerprint density at radius 1 is 1.54 bits per heavy atom. The number of pyridine rings is 1. The van der Waals surface area contributed by atoms with Crippen LogP contribution in [0.4, 0.5) is 0 Å². The van der Waals surface area contributed by atoms with Crippen LogP contribution in [0.2, 0.25) is 0 Å². The first-order chi connectivity index (χ1) is 6.11. The molecular weight excluding hydrogens is 230 g/mol. The van der Waals surface area contributed by atoms with Crippen LogP contribution in [0.25, 0.3) is 0 Å². The molecule has 0 saturated carbocycles. The minimum Gasteiger partial charge on any atom is -0.481 e. The van der Waals surface area contributed by atoms with Crippen LogP contribution in [-0.4, -0.2) is 16.9 Å². The second kappa shape index (κ2) is 4.61. The molecule has 13 heavy (non-hydrogen) atoms. The van der Waals surface area contributed by atoms with Gasteiger partial charge in [-0.3, -0.25) is 0 Å². The average Bonchev–Trinajstić information content (AvgIpc) is 2.01. The highest BCUT2D eigenvalue weighted by molar-refractivity contribution is 9.09. The number of ether oxygens (including phenoxy) is 1. The van der Waals surface area contributed by atoms with Crippen LogP contribution < -0.4 is 4.74 Å². The summed E-state index contributed by atoms with van der Waals surface area (Å²) >= 11 is 3.52. The molecule has 1 unspecified atom stereocenters. The van der Waals surface area contributed by atoms with Crippen molar-refractivity contribution in [2.75, 3.05) is 7.11 Å². The highest BCUT2D eigenvalue weighted by Gasteiger charge is 2.02. The number of halogens is 1. The second-order valence-electron chi connectivity index (χ2n) is 3.14. The fraction of sp³-hybridized carbons (Fsp3) is 0.500. The van der Waals surface area contributed by atoms with E-state index in [1.165, 1.54) is 5.56 Å². The molecule has 1 aromatic heterocycles. The summed E-state index contributed by atoms with van der Waals surface area (Å²) in [6.45, 7) is 4.10. The van der Waals surface area contributed by atoms with Crippen LogP contribution in [0.15, 0.2) is 12.1 Å². The summed E-state index contributed by atoms with van der Waals surface area (Å²) in [7, 11) is 1.64. The molecular formula is C10H14BrNO. The van der Waals surface area contributed by atoms with Gasteiger partial charge in [0.15, 0.2) is 0 Å². The first kappa shape index (κ1) is 10.5. The molecule has 1 atom stereocenters. The van der Waals surface area contributed by atoms with E-state index in [2.05, 4.69) is 33.9 Å². The van der Waals surface area contributed by atoms with Crippen molar-refractivity contribution in [3.05, 3.63) is 23.4 Å². The lowest BCUT2D eigenvalue weighted by atomic mass is 10.1. The zero-order valence-electron chi connectivity index (χ0n) is 8.17. The van der Waals surface area contributed by atoms with Crippen molar-refractivity contribution in [1.29, 1.82) is 0 Å². The van der Waals surface area contributed by atoms with E-state index < -0.39 is 0 Å². The van der Waals surface area contributed by atoms with Crippen LogP contribution in [0.3, 0.4) is 0 Å². The average molecular weight is 244 g/mol. The topological polar surface area (TPSA) is 22.1 Å². The van der Waals surface area contributed by atoms with E-state index in [1.807, 2.05) is 13.0 Å². The van der Waals surface area contributed by atoms with Gasteiger partial charge in [0.05, 0.1) is 7.11 Å². The fourth-order valence-electron chi connectivity index (χ4n) is 1.25. The third-order valence-corrected chi connectivity index (χ3v) is 2.04. The van der Waals surface area contributed by atoms with E-state index in [1.54, 1.807) is 7.11 Å². The SMILES string of the molecule is COc1cc(CC(C)Br)cc(C)n1. The molecule has 0 aliphatic rings. The van der Waals surface area contributed by atoms with Gasteiger partial charge in [-0.05, 0) is 25.0 Å². The predicted molar refractivity (Wildman–Crippen MR) is 57.6 cm³/mol. The minimum absolute atomic E-state index is 0.485. The minimum atomic E-state index is 0.485. The van der Waals surface area contributed by atoms with Gasteiger partial charge in [0.25, 0.3) is 0 Å². The van der Waals surface area contributed by atoms with Gasteiger partial charge in [-0.1, -0.05) is 22.9 Å². The highest BCUT2D eigenvalue weighted by Crippen LogP contribution is 2.15. The number of hydrogen-bond donors (Lipinski definition) is 0. The van der Waals surface area contributed by atoms with Gasteiger partial charge in [-0.15, -0.1) is 0 Å². The summed E-state index contributed by atoms with van der Waals surface area (Å²) < 4.78 is 5.09. The smallest absolute Gasteiger partial charge is 0.213 e. The molecule has 0 saturated heterocycles. The van der Waals surface area contributed by atoms with Crippen molar-refractivity contribution in [1.82, 2.24) is 4.98 Å². The highest BCUT2D eigenvalue weighted by atomic mass is 79.9. The molecule has 1 aromatic rings. The summed E-state index contributed by atoms with van der Waals surface area (Å²) in [5, 5.41) is 0. The maximum Gasteiger partial charge on any atom is 0.213 e. The van der Waals surface area contributed by atoms with E-state index in [0.717, 1.165) is 12.1 Å². The van der Waals surface area contributed by atoms with Gasteiger partial charge in [0, 0.05) is 16.6 Å². The molecule has 0 fully saturated rings. The number of methoxy groups -OCH3 is 1. The monoisotopic (exact) mass is 243 g/mol. The van der Waals surface area contributed by atoms with Crippen molar-refractivity contribution >= 4 is 15.9 Å². The van der Waals surface area contributed by atoms with Crippen LogP contribution in [0, 0.1) is 6.92 Å². The van der Waals surface area contributed by atoms with Crippen LogP contribution in [0.5, 0.6) is 5.88 Å². The summed E-state index contributed by atoms with van der Waals surface area (Å²) in [4.78, 5) is 4.71. The van der Waals surface area contributed by atoms with Crippen LogP contribution >= 0.6 is 15.9 Å². The molecule has 0 N–H and O–H groups in total. The Bertz CT molecular complexity index is 286. The van der Waals surface area contributed by atoms with Crippen molar-refractivity contribution in [3.63, 3.8) is 0 Å². The summed E-state index contributed by atoms with van der Waals surface area (Å²) in [5.74, 6) is 0.697. The summed E-state index contributed by atoms with van der Waals surface area (Å²) in [5.41, 5.74) is 2.26. The maximum atomic E-state index is 5.09. The first-order valence-corrected chi connectivity index (χ1v) is 5.19. The fourth-order valence-corrected chi connectivity index (χ4v) is 1.63. The molecule has 0 aliphatic carbocycles. The Morgan fingerprint density at radius 3 is 2.77 bits per heavy atom. The Kier molecular flexibility index (Phi) is 3.72. The normalized spacial score (nSPS) is 12.6. The van der Waals surface area contributed by atoms with Gasteiger partial charge < -0.3 is 4.74 Å². The number of aromatic nitrogens is 1. The van der Waals surface area contributed by atoms with Crippen molar-refractivity contribution in [2.24, 2.45) is 0 Å². The maximum absolute atomic E-state index is 5.09. The van der Waals surface area contributed by atoms with Gasteiger partial charge in [0.2, 0.25) is 5.88 Å². The summed E-state index contributed by atoms with van der Waals surface area (Å²) in [6.07, 6.45) is 1.000. The molecule has 2 nitrogen and oxygen atoms in total. The third kappa shape index (κ3) is 3.35. The van der Waals surface area contributed by atoms with E-state index in [0.29, 0.717) is 10.7 Å². The molecule has 0 spiro atoms. The van der Waals surface area contributed by atoms with Crippen molar-refractivity contribution in [2.45, 2.75) is 25.1 Å². The van der Waals surface area contributed by atoms with E-state index in [4.69, 9.17) is 4.74 Å². The van der Waals surface area contributed by atoms with Gasteiger partial charge in [-0.25, -0.2) is 4.98 Å². The molecule has 0 aliphatic heterocycles. The van der Waals surface area contributed by atoms with E-state index in [-0.39, 0.29) is 0 Å². The zero-order valence-corrected chi connectivity index (χ0v) is 9.76. The quantitative estimate of drug-likeness (QED) is 0.762. The van der Waals surface area contributed by atoms with Crippen LogP contribution in [0.1, 0.15) is 18.2 Å². The molecule has 0 aromatic carbocycles. The van der Waals surface area contributed by atoms with E-state index >= 15 is 0 Å². The number of rotatable bonds is 3.